The van der Waals surface area contributed by atoms with Crippen molar-refractivity contribution in [2.45, 2.75) is 13.8 Å². The van der Waals surface area contributed by atoms with Crippen LogP contribution in [0, 0.1) is 13.8 Å². The van der Waals surface area contributed by atoms with Crippen LogP contribution >= 0.6 is 15.9 Å². The highest BCUT2D eigenvalue weighted by Crippen LogP contribution is 2.25. The average Bonchev–Trinajstić information content (AvgIpc) is 2.38. The smallest absolute Gasteiger partial charge is 0.133 e. The summed E-state index contributed by atoms with van der Waals surface area (Å²) in [5.74, 6) is 0.886. The van der Waals surface area contributed by atoms with Crippen LogP contribution in [0.25, 0.3) is 0 Å². The number of rotatable bonds is 5. The van der Waals surface area contributed by atoms with Gasteiger partial charge in [-0.15, -0.1) is 0 Å². The number of benzene rings is 2. The van der Waals surface area contributed by atoms with Crippen LogP contribution in [-0.2, 0) is 0 Å². The van der Waals surface area contributed by atoms with Crippen molar-refractivity contribution in [3.05, 3.63) is 58.1 Å². The molecule has 0 saturated heterocycles. The summed E-state index contributed by atoms with van der Waals surface area (Å²) >= 11 is 3.51. The Morgan fingerprint density at radius 1 is 1.11 bits per heavy atom. The molecule has 2 rings (SSSR count). The van der Waals surface area contributed by atoms with E-state index in [0.717, 1.165) is 22.5 Å². The molecule has 0 spiro atoms. The first-order chi connectivity index (χ1) is 9.16. The van der Waals surface area contributed by atoms with E-state index in [2.05, 4.69) is 59.4 Å². The molecule has 2 aromatic rings. The lowest BCUT2D eigenvalue weighted by atomic mass is 10.2. The summed E-state index contributed by atoms with van der Waals surface area (Å²) in [6.07, 6.45) is 0. The molecule has 0 aliphatic rings. The van der Waals surface area contributed by atoms with Crippen molar-refractivity contribution >= 4 is 21.6 Å². The van der Waals surface area contributed by atoms with Gasteiger partial charge in [0.1, 0.15) is 12.4 Å². The Balaban J connectivity index is 1.83. The summed E-state index contributed by atoms with van der Waals surface area (Å²) in [7, 11) is 0. The first kappa shape index (κ1) is 13.9. The zero-order chi connectivity index (χ0) is 13.7. The minimum absolute atomic E-state index is 0.635. The van der Waals surface area contributed by atoms with Crippen LogP contribution in [0.15, 0.2) is 46.9 Å². The van der Waals surface area contributed by atoms with Crippen LogP contribution in [0.3, 0.4) is 0 Å². The van der Waals surface area contributed by atoms with Crippen LogP contribution in [0.4, 0.5) is 5.69 Å². The van der Waals surface area contributed by atoms with Gasteiger partial charge >= 0.3 is 0 Å². The molecule has 0 unspecified atom stereocenters. The maximum absolute atomic E-state index is 5.74. The van der Waals surface area contributed by atoms with E-state index in [9.17, 15) is 0 Å². The standard InChI is InChI=1S/C16H18BrNO/c1-12-7-8-16(14(17)11-12)19-10-9-18-15-6-4-3-5-13(15)2/h3-8,11,18H,9-10H2,1-2H3. The Morgan fingerprint density at radius 3 is 2.63 bits per heavy atom. The molecular formula is C16H18BrNO. The molecule has 0 amide bonds. The second-order valence-electron chi connectivity index (χ2n) is 4.52. The number of anilines is 1. The van der Waals surface area contributed by atoms with Gasteiger partial charge in [-0.3, -0.25) is 0 Å². The zero-order valence-corrected chi connectivity index (χ0v) is 12.8. The van der Waals surface area contributed by atoms with Crippen LogP contribution in [-0.4, -0.2) is 13.2 Å². The summed E-state index contributed by atoms with van der Waals surface area (Å²) in [4.78, 5) is 0. The third kappa shape index (κ3) is 4.00. The van der Waals surface area contributed by atoms with Crippen LogP contribution in [0.1, 0.15) is 11.1 Å². The minimum Gasteiger partial charge on any atom is -0.491 e. The monoisotopic (exact) mass is 319 g/mol. The van der Waals surface area contributed by atoms with Gasteiger partial charge in [0.25, 0.3) is 0 Å². The minimum atomic E-state index is 0.635. The molecule has 0 aliphatic carbocycles. The Kier molecular flexibility index (Phi) is 4.86. The number of ether oxygens (including phenoxy) is 1. The maximum atomic E-state index is 5.74. The third-order valence-electron chi connectivity index (χ3n) is 2.91. The van der Waals surface area contributed by atoms with Gasteiger partial charge in [0.2, 0.25) is 0 Å². The number of nitrogens with one attached hydrogen (secondary N) is 1. The fraction of sp³-hybridized carbons (Fsp3) is 0.250. The van der Waals surface area contributed by atoms with E-state index in [-0.39, 0.29) is 0 Å². The van der Waals surface area contributed by atoms with Crippen molar-refractivity contribution in [1.82, 2.24) is 0 Å². The van der Waals surface area contributed by atoms with E-state index in [1.807, 2.05) is 18.2 Å². The van der Waals surface area contributed by atoms with Gasteiger partial charge < -0.3 is 10.1 Å². The highest BCUT2D eigenvalue weighted by Gasteiger charge is 2.01. The predicted octanol–water partition coefficient (Wildman–Crippen LogP) is 4.56. The number of para-hydroxylation sites is 1. The Hall–Kier alpha value is -1.48. The van der Waals surface area contributed by atoms with Crippen molar-refractivity contribution in [3.8, 4) is 5.75 Å². The summed E-state index contributed by atoms with van der Waals surface area (Å²) < 4.78 is 6.75. The number of hydrogen-bond donors (Lipinski definition) is 1. The van der Waals surface area contributed by atoms with E-state index < -0.39 is 0 Å². The first-order valence-electron chi connectivity index (χ1n) is 6.35. The van der Waals surface area contributed by atoms with Gasteiger partial charge in [0.05, 0.1) is 4.47 Å². The molecule has 0 bridgehead atoms. The van der Waals surface area contributed by atoms with E-state index >= 15 is 0 Å². The van der Waals surface area contributed by atoms with Crippen molar-refractivity contribution in [3.63, 3.8) is 0 Å². The molecule has 3 heteroatoms. The third-order valence-corrected chi connectivity index (χ3v) is 3.53. The lowest BCUT2D eigenvalue weighted by Crippen LogP contribution is -2.12. The van der Waals surface area contributed by atoms with Crippen molar-refractivity contribution < 1.29 is 4.74 Å². The highest BCUT2D eigenvalue weighted by molar-refractivity contribution is 9.10. The lowest BCUT2D eigenvalue weighted by molar-refractivity contribution is 0.331. The lowest BCUT2D eigenvalue weighted by Gasteiger charge is -2.11. The highest BCUT2D eigenvalue weighted by atomic mass is 79.9. The van der Waals surface area contributed by atoms with E-state index in [4.69, 9.17) is 4.74 Å². The van der Waals surface area contributed by atoms with Crippen molar-refractivity contribution in [1.29, 1.82) is 0 Å². The Labute approximate surface area is 122 Å². The fourth-order valence-corrected chi connectivity index (χ4v) is 2.45. The quantitative estimate of drug-likeness (QED) is 0.816. The van der Waals surface area contributed by atoms with Crippen LogP contribution in [0.5, 0.6) is 5.75 Å². The average molecular weight is 320 g/mol. The molecule has 0 heterocycles. The Bertz CT molecular complexity index is 554. The molecular weight excluding hydrogens is 302 g/mol. The second-order valence-corrected chi connectivity index (χ2v) is 5.38. The number of aryl methyl sites for hydroxylation is 2. The van der Waals surface area contributed by atoms with Crippen LogP contribution < -0.4 is 10.1 Å². The molecule has 19 heavy (non-hydrogen) atoms. The molecule has 0 atom stereocenters. The van der Waals surface area contributed by atoms with Crippen LogP contribution in [0.2, 0.25) is 0 Å². The molecule has 0 aromatic heterocycles. The van der Waals surface area contributed by atoms with Crippen molar-refractivity contribution in [2.24, 2.45) is 0 Å². The molecule has 2 nitrogen and oxygen atoms in total. The largest absolute Gasteiger partial charge is 0.491 e. The Morgan fingerprint density at radius 2 is 1.89 bits per heavy atom. The molecule has 0 aliphatic heterocycles. The summed E-state index contributed by atoms with van der Waals surface area (Å²) in [6.45, 7) is 5.58. The summed E-state index contributed by atoms with van der Waals surface area (Å²) in [6, 6.07) is 14.4. The van der Waals surface area contributed by atoms with Gasteiger partial charge in [-0.2, -0.15) is 0 Å². The predicted molar refractivity (Wildman–Crippen MR) is 84.0 cm³/mol. The molecule has 1 N–H and O–H groups in total. The first-order valence-corrected chi connectivity index (χ1v) is 7.14. The van der Waals surface area contributed by atoms with Crippen molar-refractivity contribution in [2.75, 3.05) is 18.5 Å². The second kappa shape index (κ2) is 6.62. The summed E-state index contributed by atoms with van der Waals surface area (Å²) in [5.41, 5.74) is 3.63. The maximum Gasteiger partial charge on any atom is 0.133 e. The van der Waals surface area contributed by atoms with Gasteiger partial charge in [0, 0.05) is 12.2 Å². The molecule has 0 radical (unpaired) electrons. The van der Waals surface area contributed by atoms with Gasteiger partial charge in [0.15, 0.2) is 0 Å². The van der Waals surface area contributed by atoms with Gasteiger partial charge in [-0.1, -0.05) is 24.3 Å². The molecule has 2 aromatic carbocycles. The number of hydrogen-bond acceptors (Lipinski definition) is 2. The van der Waals surface area contributed by atoms with E-state index in [0.29, 0.717) is 6.61 Å². The number of halogens is 1. The SMILES string of the molecule is Cc1ccc(OCCNc2ccccc2C)c(Br)c1. The molecule has 0 fully saturated rings. The molecule has 0 saturated carbocycles. The fourth-order valence-electron chi connectivity index (χ4n) is 1.84. The van der Waals surface area contributed by atoms with Gasteiger partial charge in [-0.05, 0) is 59.1 Å². The van der Waals surface area contributed by atoms with Gasteiger partial charge in [-0.25, -0.2) is 0 Å². The normalized spacial score (nSPS) is 10.3. The summed E-state index contributed by atoms with van der Waals surface area (Å²) in [5, 5.41) is 3.37. The van der Waals surface area contributed by atoms with E-state index in [1.165, 1.54) is 11.1 Å². The zero-order valence-electron chi connectivity index (χ0n) is 11.2. The molecule has 100 valence electrons. The van der Waals surface area contributed by atoms with E-state index in [1.54, 1.807) is 0 Å². The topological polar surface area (TPSA) is 21.3 Å².